The van der Waals surface area contributed by atoms with Crippen molar-refractivity contribution >= 4 is 9.84 Å². The second kappa shape index (κ2) is 9.01. The average molecular weight is 413 g/mol. The molecule has 3 aromatic rings. The number of hydrogen-bond acceptors (Lipinski definition) is 5. The van der Waals surface area contributed by atoms with E-state index in [1.807, 2.05) is 30.3 Å². The third kappa shape index (κ3) is 4.38. The molecule has 0 radical (unpaired) electrons. The predicted octanol–water partition coefficient (Wildman–Crippen LogP) is 4.47. The van der Waals surface area contributed by atoms with E-state index in [1.165, 1.54) is 21.3 Å². The molecule has 0 heterocycles. The third-order valence-electron chi connectivity index (χ3n) is 4.79. The largest absolute Gasteiger partial charge is 0.496 e. The Bertz CT molecular complexity index is 1020. The van der Waals surface area contributed by atoms with Crippen LogP contribution >= 0.6 is 0 Å². The van der Waals surface area contributed by atoms with Gasteiger partial charge >= 0.3 is 0 Å². The summed E-state index contributed by atoms with van der Waals surface area (Å²) in [5.41, 5.74) is 1.38. The van der Waals surface area contributed by atoms with Crippen molar-refractivity contribution in [2.45, 2.75) is 16.6 Å². The van der Waals surface area contributed by atoms with Gasteiger partial charge in [-0.15, -0.1) is 0 Å². The molecule has 0 fully saturated rings. The Morgan fingerprint density at radius 2 is 1.28 bits per heavy atom. The molecule has 3 rings (SSSR count). The van der Waals surface area contributed by atoms with Crippen molar-refractivity contribution in [2.24, 2.45) is 0 Å². The van der Waals surface area contributed by atoms with Crippen LogP contribution in [0.4, 0.5) is 0 Å². The molecule has 0 bridgehead atoms. The lowest BCUT2D eigenvalue weighted by molar-refractivity contribution is 0.367. The molecule has 0 saturated carbocycles. The Hall–Kier alpha value is -2.99. The number of benzene rings is 3. The van der Waals surface area contributed by atoms with Gasteiger partial charge in [0.2, 0.25) is 0 Å². The molecule has 0 aromatic heterocycles. The molecule has 0 spiro atoms. The first-order chi connectivity index (χ1) is 14.0. The fraction of sp³-hybridized carbons (Fsp3) is 0.217. The zero-order chi connectivity index (χ0) is 20.9. The van der Waals surface area contributed by atoms with Crippen LogP contribution in [0.2, 0.25) is 0 Å². The summed E-state index contributed by atoms with van der Waals surface area (Å²) in [5.74, 6) is 1.33. The highest BCUT2D eigenvalue weighted by Gasteiger charge is 2.34. The maximum atomic E-state index is 13.7. The van der Waals surface area contributed by atoms with E-state index < -0.39 is 15.1 Å². The third-order valence-corrected chi connectivity index (χ3v) is 6.87. The van der Waals surface area contributed by atoms with E-state index in [-0.39, 0.29) is 11.3 Å². The van der Waals surface area contributed by atoms with Gasteiger partial charge in [0.05, 0.1) is 31.8 Å². The lowest BCUT2D eigenvalue weighted by Crippen LogP contribution is -2.18. The standard InChI is InChI=1S/C23H24O5S/c1-26-18-15-20(27-2)23(21(16-18)28-3)22(14-17-10-6-4-7-11-17)29(24,25)19-12-8-5-9-13-19/h4-13,15-16,22H,14H2,1-3H3. The van der Waals surface area contributed by atoms with E-state index in [0.717, 1.165) is 5.56 Å². The van der Waals surface area contributed by atoms with Gasteiger partial charge in [-0.05, 0) is 24.1 Å². The molecule has 152 valence electrons. The first-order valence-corrected chi connectivity index (χ1v) is 10.7. The first-order valence-electron chi connectivity index (χ1n) is 9.14. The molecular weight excluding hydrogens is 388 g/mol. The lowest BCUT2D eigenvalue weighted by atomic mass is 10.0. The van der Waals surface area contributed by atoms with Gasteiger partial charge in [-0.3, -0.25) is 0 Å². The highest BCUT2D eigenvalue weighted by Crippen LogP contribution is 2.44. The Labute approximate surface area is 171 Å². The molecule has 0 saturated heterocycles. The Morgan fingerprint density at radius 1 is 0.759 bits per heavy atom. The van der Waals surface area contributed by atoms with Crippen LogP contribution in [-0.4, -0.2) is 29.7 Å². The van der Waals surface area contributed by atoms with E-state index in [9.17, 15) is 8.42 Å². The summed E-state index contributed by atoms with van der Waals surface area (Å²) in [6.07, 6.45) is 0.275. The summed E-state index contributed by atoms with van der Waals surface area (Å²) >= 11 is 0. The van der Waals surface area contributed by atoms with Gasteiger partial charge in [-0.25, -0.2) is 8.42 Å². The van der Waals surface area contributed by atoms with E-state index >= 15 is 0 Å². The van der Waals surface area contributed by atoms with Crippen LogP contribution in [0.1, 0.15) is 16.4 Å². The summed E-state index contributed by atoms with van der Waals surface area (Å²) < 4.78 is 43.8. The molecule has 1 unspecified atom stereocenters. The smallest absolute Gasteiger partial charge is 0.185 e. The molecule has 5 nitrogen and oxygen atoms in total. The van der Waals surface area contributed by atoms with E-state index in [2.05, 4.69) is 0 Å². The van der Waals surface area contributed by atoms with Gasteiger partial charge in [0.1, 0.15) is 22.5 Å². The summed E-state index contributed by atoms with van der Waals surface area (Å²) in [4.78, 5) is 0.251. The predicted molar refractivity (Wildman–Crippen MR) is 113 cm³/mol. The average Bonchev–Trinajstić information content (AvgIpc) is 2.77. The summed E-state index contributed by atoms with van der Waals surface area (Å²) in [6.45, 7) is 0. The highest BCUT2D eigenvalue weighted by atomic mass is 32.2. The molecule has 0 aliphatic carbocycles. The number of sulfone groups is 1. The molecule has 3 aromatic carbocycles. The van der Waals surface area contributed by atoms with Crippen molar-refractivity contribution in [2.75, 3.05) is 21.3 Å². The number of rotatable bonds is 8. The van der Waals surface area contributed by atoms with Gasteiger partial charge in [-0.2, -0.15) is 0 Å². The molecule has 6 heteroatoms. The summed E-state index contributed by atoms with van der Waals surface area (Å²) in [7, 11) is 0.813. The highest BCUT2D eigenvalue weighted by molar-refractivity contribution is 7.91. The minimum atomic E-state index is -3.74. The first kappa shape index (κ1) is 20.7. The van der Waals surface area contributed by atoms with Crippen molar-refractivity contribution in [3.05, 3.63) is 83.9 Å². The minimum absolute atomic E-state index is 0.251. The van der Waals surface area contributed by atoms with Crippen LogP contribution in [0.25, 0.3) is 0 Å². The van der Waals surface area contributed by atoms with Gasteiger partial charge in [-0.1, -0.05) is 48.5 Å². The van der Waals surface area contributed by atoms with Gasteiger partial charge < -0.3 is 14.2 Å². The topological polar surface area (TPSA) is 61.8 Å². The summed E-state index contributed by atoms with van der Waals surface area (Å²) in [5, 5.41) is -0.900. The molecule has 0 amide bonds. The van der Waals surface area contributed by atoms with Crippen molar-refractivity contribution < 1.29 is 22.6 Å². The number of hydrogen-bond donors (Lipinski definition) is 0. The monoisotopic (exact) mass is 412 g/mol. The second-order valence-electron chi connectivity index (χ2n) is 6.48. The molecule has 0 aliphatic rings. The molecule has 0 N–H and O–H groups in total. The van der Waals surface area contributed by atoms with Gasteiger partial charge in [0, 0.05) is 12.1 Å². The number of methoxy groups -OCH3 is 3. The van der Waals surface area contributed by atoms with Crippen molar-refractivity contribution in [1.82, 2.24) is 0 Å². The van der Waals surface area contributed by atoms with Crippen LogP contribution in [0.3, 0.4) is 0 Å². The van der Waals surface area contributed by atoms with E-state index in [4.69, 9.17) is 14.2 Å². The fourth-order valence-electron chi connectivity index (χ4n) is 3.32. The van der Waals surface area contributed by atoms with Crippen molar-refractivity contribution in [1.29, 1.82) is 0 Å². The SMILES string of the molecule is COc1cc(OC)c(C(Cc2ccccc2)S(=O)(=O)c2ccccc2)c(OC)c1. The Kier molecular flexibility index (Phi) is 6.44. The quantitative estimate of drug-likeness (QED) is 0.546. The van der Waals surface area contributed by atoms with Crippen LogP contribution in [-0.2, 0) is 16.3 Å². The summed E-state index contributed by atoms with van der Waals surface area (Å²) in [6, 6.07) is 21.3. The minimum Gasteiger partial charge on any atom is -0.496 e. The van der Waals surface area contributed by atoms with Gasteiger partial charge in [0.25, 0.3) is 0 Å². The second-order valence-corrected chi connectivity index (χ2v) is 8.61. The van der Waals surface area contributed by atoms with Crippen LogP contribution in [0.15, 0.2) is 77.7 Å². The fourth-order valence-corrected chi connectivity index (χ4v) is 5.14. The van der Waals surface area contributed by atoms with E-state index in [1.54, 1.807) is 42.5 Å². The zero-order valence-electron chi connectivity index (χ0n) is 16.7. The van der Waals surface area contributed by atoms with Crippen molar-refractivity contribution in [3.8, 4) is 17.2 Å². The van der Waals surface area contributed by atoms with E-state index in [0.29, 0.717) is 22.8 Å². The zero-order valence-corrected chi connectivity index (χ0v) is 17.5. The normalized spacial score (nSPS) is 12.2. The van der Waals surface area contributed by atoms with Crippen LogP contribution in [0.5, 0.6) is 17.2 Å². The lowest BCUT2D eigenvalue weighted by Gasteiger charge is -2.23. The molecular formula is C23H24O5S. The maximum absolute atomic E-state index is 13.7. The number of ether oxygens (including phenoxy) is 3. The Morgan fingerprint density at radius 3 is 1.76 bits per heavy atom. The van der Waals surface area contributed by atoms with Crippen molar-refractivity contribution in [3.63, 3.8) is 0 Å². The molecule has 1 atom stereocenters. The molecule has 0 aliphatic heterocycles. The van der Waals surface area contributed by atoms with Crippen LogP contribution < -0.4 is 14.2 Å². The van der Waals surface area contributed by atoms with Gasteiger partial charge in [0.15, 0.2) is 9.84 Å². The van der Waals surface area contributed by atoms with Crippen LogP contribution in [0, 0.1) is 0 Å². The molecule has 29 heavy (non-hydrogen) atoms. The Balaban J connectivity index is 2.24. The maximum Gasteiger partial charge on any atom is 0.185 e.